The van der Waals surface area contributed by atoms with Crippen molar-refractivity contribution in [2.75, 3.05) is 11.9 Å². The minimum absolute atomic E-state index is 0.121. The van der Waals surface area contributed by atoms with E-state index in [9.17, 15) is 5.11 Å². The third-order valence-electron chi connectivity index (χ3n) is 3.59. The molecule has 2 atom stereocenters. The van der Waals surface area contributed by atoms with Crippen molar-refractivity contribution in [2.24, 2.45) is 5.73 Å². The molecular formula is C13H19N3OS. The van der Waals surface area contributed by atoms with E-state index >= 15 is 0 Å². The molecule has 1 aromatic rings. The van der Waals surface area contributed by atoms with Crippen LogP contribution in [0.4, 0.5) is 5.69 Å². The highest BCUT2D eigenvalue weighted by Gasteiger charge is 2.28. The number of aliphatic hydroxyl groups is 1. The largest absolute Gasteiger partial charge is 0.391 e. The van der Waals surface area contributed by atoms with Gasteiger partial charge >= 0.3 is 0 Å². The third-order valence-corrected chi connectivity index (χ3v) is 3.78. The number of hydrogen-bond acceptors (Lipinski definition) is 4. The fourth-order valence-electron chi connectivity index (χ4n) is 2.59. The molecule has 1 heterocycles. The summed E-state index contributed by atoms with van der Waals surface area (Å²) >= 11 is 5.03. The number of hydrogen-bond donors (Lipinski definition) is 2. The summed E-state index contributed by atoms with van der Waals surface area (Å²) in [6.07, 6.45) is 5.49. The van der Waals surface area contributed by atoms with Crippen molar-refractivity contribution >= 4 is 22.9 Å². The van der Waals surface area contributed by atoms with E-state index < -0.39 is 0 Å². The maximum absolute atomic E-state index is 10.1. The van der Waals surface area contributed by atoms with Gasteiger partial charge in [-0.1, -0.05) is 25.1 Å². The molecule has 1 aromatic heterocycles. The SMILES string of the molecule is CN(c1cccnc1C(N)=S)C1CCCCC1O. The van der Waals surface area contributed by atoms with Gasteiger partial charge < -0.3 is 15.7 Å². The number of pyridine rings is 1. The van der Waals surface area contributed by atoms with Crippen LogP contribution in [0, 0.1) is 0 Å². The summed E-state index contributed by atoms with van der Waals surface area (Å²) in [6, 6.07) is 3.93. The first-order valence-corrected chi connectivity index (χ1v) is 6.68. The zero-order chi connectivity index (χ0) is 13.1. The third kappa shape index (κ3) is 2.62. The lowest BCUT2D eigenvalue weighted by molar-refractivity contribution is 0.106. The molecule has 3 N–H and O–H groups in total. The van der Waals surface area contributed by atoms with Crippen molar-refractivity contribution in [2.45, 2.75) is 37.8 Å². The van der Waals surface area contributed by atoms with E-state index in [1.807, 2.05) is 19.2 Å². The molecule has 0 radical (unpaired) electrons. The van der Waals surface area contributed by atoms with Crippen LogP contribution in [0.2, 0.25) is 0 Å². The molecule has 0 bridgehead atoms. The van der Waals surface area contributed by atoms with Crippen molar-refractivity contribution in [1.29, 1.82) is 0 Å². The van der Waals surface area contributed by atoms with Crippen LogP contribution in [0.25, 0.3) is 0 Å². The zero-order valence-electron chi connectivity index (χ0n) is 10.5. The molecule has 0 saturated heterocycles. The predicted molar refractivity (Wildman–Crippen MR) is 76.8 cm³/mol. The van der Waals surface area contributed by atoms with Crippen LogP contribution in [-0.4, -0.2) is 34.3 Å². The second kappa shape index (κ2) is 5.63. The number of nitrogens with two attached hydrogens (primary N) is 1. The summed E-state index contributed by atoms with van der Waals surface area (Å²) in [6.45, 7) is 0. The summed E-state index contributed by atoms with van der Waals surface area (Å²) in [5.74, 6) is 0. The molecule has 5 heteroatoms. The molecule has 0 aliphatic heterocycles. The van der Waals surface area contributed by atoms with E-state index in [1.54, 1.807) is 6.20 Å². The van der Waals surface area contributed by atoms with Gasteiger partial charge in [0.1, 0.15) is 10.7 Å². The van der Waals surface area contributed by atoms with Gasteiger partial charge in [-0.15, -0.1) is 0 Å². The first-order valence-electron chi connectivity index (χ1n) is 6.27. The van der Waals surface area contributed by atoms with Crippen molar-refractivity contribution in [1.82, 2.24) is 4.98 Å². The molecule has 2 rings (SSSR count). The maximum Gasteiger partial charge on any atom is 0.124 e. The average Bonchev–Trinajstić information content (AvgIpc) is 2.38. The van der Waals surface area contributed by atoms with Crippen LogP contribution < -0.4 is 10.6 Å². The maximum atomic E-state index is 10.1. The van der Waals surface area contributed by atoms with Gasteiger partial charge in [-0.05, 0) is 25.0 Å². The van der Waals surface area contributed by atoms with E-state index in [-0.39, 0.29) is 12.1 Å². The van der Waals surface area contributed by atoms with Gasteiger partial charge in [-0.2, -0.15) is 0 Å². The number of likely N-dealkylation sites (N-methyl/N-ethyl adjacent to an activating group) is 1. The number of rotatable bonds is 3. The number of nitrogens with zero attached hydrogens (tertiary/aromatic N) is 2. The standard InChI is InChI=1S/C13H19N3OS/c1-16(9-5-2-3-7-11(9)17)10-6-4-8-15-12(10)13(14)18/h4,6,8-9,11,17H,2-3,5,7H2,1H3,(H2,14,18). The Bertz CT molecular complexity index is 438. The van der Waals surface area contributed by atoms with E-state index in [4.69, 9.17) is 18.0 Å². The van der Waals surface area contributed by atoms with E-state index in [0.717, 1.165) is 31.4 Å². The smallest absolute Gasteiger partial charge is 0.124 e. The molecule has 1 aliphatic carbocycles. The Morgan fingerprint density at radius 1 is 1.50 bits per heavy atom. The van der Waals surface area contributed by atoms with Crippen molar-refractivity contribution in [3.8, 4) is 0 Å². The molecule has 0 amide bonds. The van der Waals surface area contributed by atoms with Gasteiger partial charge in [0.05, 0.1) is 17.8 Å². The Morgan fingerprint density at radius 3 is 2.89 bits per heavy atom. The van der Waals surface area contributed by atoms with Crippen LogP contribution >= 0.6 is 12.2 Å². The van der Waals surface area contributed by atoms with Gasteiger partial charge in [0.25, 0.3) is 0 Å². The summed E-state index contributed by atoms with van der Waals surface area (Å²) in [5, 5.41) is 10.1. The van der Waals surface area contributed by atoms with Crippen LogP contribution in [0.15, 0.2) is 18.3 Å². The van der Waals surface area contributed by atoms with E-state index in [0.29, 0.717) is 10.7 Å². The highest BCUT2D eigenvalue weighted by molar-refractivity contribution is 7.80. The molecule has 98 valence electrons. The van der Waals surface area contributed by atoms with Crippen molar-refractivity contribution in [3.63, 3.8) is 0 Å². The number of aromatic nitrogens is 1. The normalized spacial score (nSPS) is 23.7. The molecular weight excluding hydrogens is 246 g/mol. The van der Waals surface area contributed by atoms with Gasteiger partial charge in [0.15, 0.2) is 0 Å². The number of aliphatic hydroxyl groups excluding tert-OH is 1. The van der Waals surface area contributed by atoms with E-state index in [1.165, 1.54) is 0 Å². The zero-order valence-corrected chi connectivity index (χ0v) is 11.4. The van der Waals surface area contributed by atoms with Gasteiger partial charge in [-0.25, -0.2) is 0 Å². The summed E-state index contributed by atoms with van der Waals surface area (Å²) in [5.41, 5.74) is 7.23. The second-order valence-corrected chi connectivity index (χ2v) is 5.21. The van der Waals surface area contributed by atoms with Crippen LogP contribution in [0.1, 0.15) is 31.4 Å². The minimum atomic E-state index is -0.289. The average molecular weight is 265 g/mol. The fraction of sp³-hybridized carbons (Fsp3) is 0.538. The Labute approximate surface area is 113 Å². The number of thiocarbonyl (C=S) groups is 1. The molecule has 2 unspecified atom stereocenters. The quantitative estimate of drug-likeness (QED) is 0.810. The first-order chi connectivity index (χ1) is 8.61. The molecule has 4 nitrogen and oxygen atoms in total. The fourth-order valence-corrected chi connectivity index (χ4v) is 2.75. The Hall–Kier alpha value is -1.20. The number of anilines is 1. The molecule has 1 saturated carbocycles. The molecule has 0 aromatic carbocycles. The van der Waals surface area contributed by atoms with Crippen LogP contribution in [0.3, 0.4) is 0 Å². The van der Waals surface area contributed by atoms with Gasteiger partial charge in [0, 0.05) is 13.2 Å². The monoisotopic (exact) mass is 265 g/mol. The van der Waals surface area contributed by atoms with Crippen LogP contribution in [-0.2, 0) is 0 Å². The predicted octanol–water partition coefficient (Wildman–Crippen LogP) is 1.46. The summed E-state index contributed by atoms with van der Waals surface area (Å²) in [4.78, 5) is 6.58. The van der Waals surface area contributed by atoms with Gasteiger partial charge in [0.2, 0.25) is 0 Å². The Morgan fingerprint density at radius 2 is 2.22 bits per heavy atom. The second-order valence-electron chi connectivity index (χ2n) is 4.77. The minimum Gasteiger partial charge on any atom is -0.391 e. The van der Waals surface area contributed by atoms with Crippen molar-refractivity contribution in [3.05, 3.63) is 24.0 Å². The highest BCUT2D eigenvalue weighted by Crippen LogP contribution is 2.27. The lowest BCUT2D eigenvalue weighted by Gasteiger charge is -2.37. The van der Waals surface area contributed by atoms with Crippen LogP contribution in [0.5, 0.6) is 0 Å². The Kier molecular flexibility index (Phi) is 4.14. The lowest BCUT2D eigenvalue weighted by atomic mass is 9.91. The first kappa shape index (κ1) is 13.2. The van der Waals surface area contributed by atoms with E-state index in [2.05, 4.69) is 9.88 Å². The molecule has 1 fully saturated rings. The summed E-state index contributed by atoms with van der Waals surface area (Å²) < 4.78 is 0. The topological polar surface area (TPSA) is 62.4 Å². The molecule has 1 aliphatic rings. The molecule has 18 heavy (non-hydrogen) atoms. The molecule has 0 spiro atoms. The summed E-state index contributed by atoms with van der Waals surface area (Å²) in [7, 11) is 1.97. The lowest BCUT2D eigenvalue weighted by Crippen LogP contribution is -2.44. The van der Waals surface area contributed by atoms with Gasteiger partial charge in [-0.3, -0.25) is 4.98 Å². The Balaban J connectivity index is 2.27. The van der Waals surface area contributed by atoms with Crippen molar-refractivity contribution < 1.29 is 5.11 Å². The highest BCUT2D eigenvalue weighted by atomic mass is 32.1.